The van der Waals surface area contributed by atoms with E-state index in [2.05, 4.69) is 514 Å². The van der Waals surface area contributed by atoms with Gasteiger partial charge in [0.25, 0.3) is 0 Å². The van der Waals surface area contributed by atoms with Crippen molar-refractivity contribution < 1.29 is 4.39 Å². The monoisotopic (exact) mass is 1740 g/mol. The summed E-state index contributed by atoms with van der Waals surface area (Å²) < 4.78 is 22.6. The second-order valence-corrected chi connectivity index (χ2v) is 36.7. The summed E-state index contributed by atoms with van der Waals surface area (Å²) >= 11 is 0. The molecule has 0 radical (unpaired) electrons. The lowest BCUT2D eigenvalue weighted by molar-refractivity contribution is 0.584. The molecule has 0 aliphatic carbocycles. The third-order valence-electron chi connectivity index (χ3n) is 26.5. The molecule has 0 saturated carbocycles. The molecule has 0 aliphatic heterocycles. The molecule has 24 aromatic rings. The molecule has 0 saturated heterocycles. The van der Waals surface area contributed by atoms with Crippen molar-refractivity contribution in [1.82, 2.24) is 18.3 Å². The Bertz CT molecular complexity index is 8080. The second kappa shape index (κ2) is 37.8. The molecule has 24 rings (SSSR count). The number of halogens is 1. The lowest BCUT2D eigenvalue weighted by Crippen LogP contribution is -2.14. The number of rotatable bonds is 16. The van der Waals surface area contributed by atoms with Crippen LogP contribution in [0, 0.1) is 19.7 Å². The van der Waals surface area contributed by atoms with E-state index in [4.69, 9.17) is 0 Å². The standard InChI is InChI=1S/C35H31N.2C32H25N.C31H22FN/c1-35(2,3)32-15-9-7-11-28(32)23-25-17-19-26(20-18-25)27-21-22-34-31(24-27)30-14-8-10-16-33(30)36(34)29-12-5-4-6-13-29;1-23-8-7-9-25(20-23)21-24-14-16-26(17-15-24)27-18-19-32-30(22-27)29-12-5-6-13-31(29)33(32)28-10-3-2-4-11-28;1-23-11-13-24(14-12-23)21-25-15-17-26(18-16-25)27-19-20-32-30(22-27)29-9-5-6-10-31(29)33(32)28-7-3-2-4-8-28;32-26-17-12-23(13-18-26)20-22-10-14-24(15-11-22)25-16-19-31-29(21-25)28-8-4-5-9-30(28)33(31)27-6-2-1-3-7-27/h4-22,24H,23H2,1-3H3;2*2-20,22H,21H2,1H3;1-19,21H,20H2. The summed E-state index contributed by atoms with van der Waals surface area (Å²) in [6.07, 6.45) is 3.68. The average Bonchev–Trinajstić information content (AvgIpc) is 1.61. The summed E-state index contributed by atoms with van der Waals surface area (Å²) in [7, 11) is 0. The van der Waals surface area contributed by atoms with Crippen molar-refractivity contribution in [3.05, 3.63) is 552 Å². The molecule has 650 valence electrons. The van der Waals surface area contributed by atoms with Gasteiger partial charge in [-0.25, -0.2) is 4.39 Å². The third kappa shape index (κ3) is 18.1. The fraction of sp³-hybridized carbons (Fsp3) is 0.0769. The lowest BCUT2D eigenvalue weighted by Gasteiger charge is -2.23. The van der Waals surface area contributed by atoms with Gasteiger partial charge in [-0.1, -0.05) is 384 Å². The normalized spacial score (nSPS) is 11.5. The van der Waals surface area contributed by atoms with Gasteiger partial charge < -0.3 is 18.3 Å². The molecular formula is C130H103FN4. The molecule has 5 heteroatoms. The van der Waals surface area contributed by atoms with Crippen LogP contribution >= 0.6 is 0 Å². The quantitative estimate of drug-likeness (QED) is 0.0919. The van der Waals surface area contributed by atoms with E-state index in [9.17, 15) is 4.39 Å². The number of nitrogens with zero attached hydrogens (tertiary/aromatic N) is 4. The molecule has 135 heavy (non-hydrogen) atoms. The van der Waals surface area contributed by atoms with Gasteiger partial charge in [-0.15, -0.1) is 0 Å². The van der Waals surface area contributed by atoms with Gasteiger partial charge in [-0.05, 0) is 273 Å². The van der Waals surface area contributed by atoms with Gasteiger partial charge in [0.2, 0.25) is 0 Å². The minimum atomic E-state index is -0.196. The summed E-state index contributed by atoms with van der Waals surface area (Å²) in [6.45, 7) is 11.2. The number of fused-ring (bicyclic) bond motifs is 12. The van der Waals surface area contributed by atoms with Gasteiger partial charge in [0.1, 0.15) is 5.82 Å². The average molecular weight is 1740 g/mol. The number of hydrogen-bond donors (Lipinski definition) is 0. The maximum absolute atomic E-state index is 13.2. The van der Waals surface area contributed by atoms with Crippen molar-refractivity contribution in [2.45, 2.75) is 65.7 Å². The second-order valence-electron chi connectivity index (χ2n) is 36.7. The number of benzene rings is 20. The Morgan fingerprint density at radius 1 is 0.185 bits per heavy atom. The Kier molecular flexibility index (Phi) is 23.9. The van der Waals surface area contributed by atoms with Crippen LogP contribution in [-0.2, 0) is 31.1 Å². The first-order valence-corrected chi connectivity index (χ1v) is 46.9. The van der Waals surface area contributed by atoms with E-state index in [1.165, 1.54) is 222 Å². The van der Waals surface area contributed by atoms with Crippen molar-refractivity contribution in [1.29, 1.82) is 0 Å². The van der Waals surface area contributed by atoms with Crippen LogP contribution in [0.25, 0.3) is 154 Å². The highest BCUT2D eigenvalue weighted by Gasteiger charge is 2.22. The topological polar surface area (TPSA) is 19.7 Å². The van der Waals surface area contributed by atoms with Crippen LogP contribution in [0.5, 0.6) is 0 Å². The zero-order valence-corrected chi connectivity index (χ0v) is 76.7. The lowest BCUT2D eigenvalue weighted by atomic mass is 9.82. The Morgan fingerprint density at radius 3 is 0.748 bits per heavy atom. The van der Waals surface area contributed by atoms with Gasteiger partial charge >= 0.3 is 0 Å². The van der Waals surface area contributed by atoms with Crippen LogP contribution < -0.4 is 0 Å². The molecule has 20 aromatic carbocycles. The summed E-state index contributed by atoms with van der Waals surface area (Å²) in [4.78, 5) is 0. The molecule has 0 unspecified atom stereocenters. The van der Waals surface area contributed by atoms with Crippen LogP contribution in [0.3, 0.4) is 0 Å². The predicted octanol–water partition coefficient (Wildman–Crippen LogP) is 34.2. The highest BCUT2D eigenvalue weighted by molar-refractivity contribution is 6.14. The highest BCUT2D eigenvalue weighted by Crippen LogP contribution is 2.42. The smallest absolute Gasteiger partial charge is 0.123 e. The fourth-order valence-electron chi connectivity index (χ4n) is 19.8. The van der Waals surface area contributed by atoms with Crippen molar-refractivity contribution in [3.8, 4) is 67.3 Å². The van der Waals surface area contributed by atoms with Crippen molar-refractivity contribution >= 4 is 87.2 Å². The zero-order chi connectivity index (χ0) is 91.3. The molecule has 0 aliphatic rings. The first kappa shape index (κ1) is 85.3. The highest BCUT2D eigenvalue weighted by atomic mass is 19.1. The summed E-state index contributed by atoms with van der Waals surface area (Å²) in [5.41, 5.74) is 39.1. The molecule has 0 spiro atoms. The Hall–Kier alpha value is -16.5. The van der Waals surface area contributed by atoms with E-state index in [0.29, 0.717) is 0 Å². The number of aryl methyl sites for hydroxylation is 2. The van der Waals surface area contributed by atoms with Gasteiger partial charge in [0.05, 0.1) is 44.1 Å². The van der Waals surface area contributed by atoms with Crippen LogP contribution in [0.4, 0.5) is 4.39 Å². The van der Waals surface area contributed by atoms with E-state index in [-0.39, 0.29) is 11.2 Å². The molecule has 0 bridgehead atoms. The van der Waals surface area contributed by atoms with E-state index in [1.807, 2.05) is 12.1 Å². The number of para-hydroxylation sites is 8. The minimum absolute atomic E-state index is 0.144. The van der Waals surface area contributed by atoms with Crippen LogP contribution in [0.2, 0.25) is 0 Å². The van der Waals surface area contributed by atoms with Crippen LogP contribution in [0.1, 0.15) is 82.0 Å². The maximum atomic E-state index is 13.2. The maximum Gasteiger partial charge on any atom is 0.123 e. The molecule has 4 aromatic heterocycles. The predicted molar refractivity (Wildman–Crippen MR) is 570 cm³/mol. The number of hydrogen-bond acceptors (Lipinski definition) is 0. The van der Waals surface area contributed by atoms with Gasteiger partial charge in [-0.3, -0.25) is 0 Å². The summed E-state index contributed by atoms with van der Waals surface area (Å²) in [5.74, 6) is -0.196. The molecular weight excluding hydrogens is 1640 g/mol. The van der Waals surface area contributed by atoms with Gasteiger partial charge in [0, 0.05) is 65.8 Å². The summed E-state index contributed by atoms with van der Waals surface area (Å²) in [5, 5.41) is 10.2. The van der Waals surface area contributed by atoms with Crippen molar-refractivity contribution in [3.63, 3.8) is 0 Å². The minimum Gasteiger partial charge on any atom is -0.309 e. The van der Waals surface area contributed by atoms with E-state index in [0.717, 1.165) is 31.2 Å². The van der Waals surface area contributed by atoms with Crippen molar-refractivity contribution in [2.75, 3.05) is 0 Å². The molecule has 0 N–H and O–H groups in total. The largest absolute Gasteiger partial charge is 0.309 e. The van der Waals surface area contributed by atoms with E-state index < -0.39 is 0 Å². The van der Waals surface area contributed by atoms with E-state index >= 15 is 0 Å². The molecule has 0 amide bonds. The van der Waals surface area contributed by atoms with Crippen molar-refractivity contribution in [2.24, 2.45) is 0 Å². The molecule has 0 fully saturated rings. The van der Waals surface area contributed by atoms with Gasteiger partial charge in [0.15, 0.2) is 0 Å². The molecule has 0 atom stereocenters. The Labute approximate surface area is 789 Å². The zero-order valence-electron chi connectivity index (χ0n) is 76.7. The Morgan fingerprint density at radius 2 is 0.437 bits per heavy atom. The SMILES string of the molecule is CC(C)(C)c1ccccc1Cc1ccc(-c2ccc3c(c2)c2ccccc2n3-c2ccccc2)cc1.Cc1ccc(Cc2ccc(-c3ccc4c(c3)c3ccccc3n4-c3ccccc3)cc2)cc1.Cc1cccc(Cc2ccc(-c3ccc4c(c3)c3ccccc3n4-c3ccccc3)cc2)c1.Fc1ccc(Cc2ccc(-c3ccc4c(c3)c3ccccc3n4-c3ccccc3)cc2)cc1. The van der Waals surface area contributed by atoms with Crippen LogP contribution in [0.15, 0.2) is 485 Å². The summed E-state index contributed by atoms with van der Waals surface area (Å²) in [6, 6.07) is 173. The van der Waals surface area contributed by atoms with E-state index in [1.54, 1.807) is 0 Å². The first-order chi connectivity index (χ1) is 66.3. The van der Waals surface area contributed by atoms with Gasteiger partial charge in [-0.2, -0.15) is 0 Å². The molecule has 4 heterocycles. The number of aromatic nitrogens is 4. The fourth-order valence-corrected chi connectivity index (χ4v) is 19.8. The first-order valence-electron chi connectivity index (χ1n) is 46.9. The van der Waals surface area contributed by atoms with Crippen LogP contribution in [-0.4, -0.2) is 18.3 Å². The Balaban J connectivity index is 0.000000108. The third-order valence-corrected chi connectivity index (χ3v) is 26.5. The molecule has 4 nitrogen and oxygen atoms in total.